The van der Waals surface area contributed by atoms with Gasteiger partial charge in [-0.1, -0.05) is 25.1 Å². The Morgan fingerprint density at radius 2 is 1.66 bits per heavy atom. The van der Waals surface area contributed by atoms with Crippen LogP contribution in [0.3, 0.4) is 0 Å². The molecule has 184 valence electrons. The second-order valence-electron chi connectivity index (χ2n) is 8.63. The summed E-state index contributed by atoms with van der Waals surface area (Å²) >= 11 is 0. The van der Waals surface area contributed by atoms with Gasteiger partial charge >= 0.3 is 0 Å². The summed E-state index contributed by atoms with van der Waals surface area (Å²) in [6.45, 7) is 3.94. The van der Waals surface area contributed by atoms with Crippen LogP contribution in [0.1, 0.15) is 30.9 Å². The Balaban J connectivity index is 1.35. The van der Waals surface area contributed by atoms with Crippen LogP contribution < -0.4 is 25.2 Å². The third-order valence-corrected chi connectivity index (χ3v) is 6.48. The van der Waals surface area contributed by atoms with E-state index in [9.17, 15) is 9.59 Å². The molecular weight excluding hydrogens is 444 g/mol. The van der Waals surface area contributed by atoms with Crippen molar-refractivity contribution in [2.24, 2.45) is 5.92 Å². The molecule has 1 aromatic heterocycles. The molecule has 8 nitrogen and oxygen atoms in total. The van der Waals surface area contributed by atoms with Gasteiger partial charge in [0.1, 0.15) is 5.82 Å². The Morgan fingerprint density at radius 1 is 0.971 bits per heavy atom. The number of hydrogen-bond donors (Lipinski definition) is 1. The van der Waals surface area contributed by atoms with E-state index in [0.29, 0.717) is 31.1 Å². The second kappa shape index (κ2) is 11.1. The van der Waals surface area contributed by atoms with Crippen molar-refractivity contribution in [2.75, 3.05) is 32.2 Å². The number of nitrogens with zero attached hydrogens (tertiary/aromatic N) is 3. The summed E-state index contributed by atoms with van der Waals surface area (Å²) in [6.07, 6.45) is 2.40. The second-order valence-corrected chi connectivity index (χ2v) is 8.63. The summed E-state index contributed by atoms with van der Waals surface area (Å²) in [7, 11) is 3.19. The summed E-state index contributed by atoms with van der Waals surface area (Å²) in [5.41, 5.74) is 2.75. The van der Waals surface area contributed by atoms with E-state index in [4.69, 9.17) is 9.47 Å². The van der Waals surface area contributed by atoms with Crippen LogP contribution in [0.25, 0.3) is 5.69 Å². The third kappa shape index (κ3) is 5.65. The van der Waals surface area contributed by atoms with E-state index in [0.717, 1.165) is 36.3 Å². The quantitative estimate of drug-likeness (QED) is 0.537. The maximum atomic E-state index is 12.8. The minimum atomic E-state index is -0.164. The maximum Gasteiger partial charge on any atom is 0.271 e. The van der Waals surface area contributed by atoms with Crippen molar-refractivity contribution in [2.45, 2.75) is 32.7 Å². The normalized spacial score (nSPS) is 14.0. The molecule has 1 aliphatic rings. The van der Waals surface area contributed by atoms with Crippen LogP contribution in [0.2, 0.25) is 0 Å². The number of methoxy groups -OCH3 is 2. The summed E-state index contributed by atoms with van der Waals surface area (Å²) in [6, 6.07) is 16.8. The number of amides is 1. The first-order valence-electron chi connectivity index (χ1n) is 12.0. The first kappa shape index (κ1) is 24.3. The predicted molar refractivity (Wildman–Crippen MR) is 136 cm³/mol. The Kier molecular flexibility index (Phi) is 7.70. The van der Waals surface area contributed by atoms with Crippen molar-refractivity contribution in [1.29, 1.82) is 0 Å². The molecule has 0 spiro atoms. The number of benzene rings is 2. The summed E-state index contributed by atoms with van der Waals surface area (Å²) in [4.78, 5) is 27.3. The van der Waals surface area contributed by atoms with Gasteiger partial charge in [-0.25, -0.2) is 0 Å². The zero-order valence-corrected chi connectivity index (χ0v) is 20.5. The van der Waals surface area contributed by atoms with Crippen molar-refractivity contribution in [1.82, 2.24) is 15.1 Å². The molecule has 1 saturated heterocycles. The standard InChI is InChI=1S/C27H32N4O4/c1-4-19-5-8-22(9-6-19)31-26(32)12-11-25(29-31)30-15-13-21(14-16-30)27(33)28-18-20-7-10-23(34-2)24(17-20)35-3/h5-12,17,21H,4,13-16,18H2,1-3H3,(H,28,33). The SMILES string of the molecule is CCc1ccc(-n2nc(N3CCC(C(=O)NCc4ccc(OC)c(OC)c4)CC3)ccc2=O)cc1. The highest BCUT2D eigenvalue weighted by atomic mass is 16.5. The lowest BCUT2D eigenvalue weighted by Crippen LogP contribution is -2.41. The van der Waals surface area contributed by atoms with Crippen molar-refractivity contribution in [3.8, 4) is 17.2 Å². The molecule has 0 saturated carbocycles. The van der Waals surface area contributed by atoms with E-state index in [2.05, 4.69) is 22.2 Å². The number of aryl methyl sites for hydroxylation is 1. The van der Waals surface area contributed by atoms with Gasteiger partial charge in [0.2, 0.25) is 5.91 Å². The molecule has 8 heteroatoms. The van der Waals surface area contributed by atoms with Crippen molar-refractivity contribution < 1.29 is 14.3 Å². The third-order valence-electron chi connectivity index (χ3n) is 6.48. The molecule has 35 heavy (non-hydrogen) atoms. The number of anilines is 1. The predicted octanol–water partition coefficient (Wildman–Crippen LogP) is 3.34. The highest BCUT2D eigenvalue weighted by molar-refractivity contribution is 5.79. The highest BCUT2D eigenvalue weighted by Gasteiger charge is 2.26. The van der Waals surface area contributed by atoms with Crippen molar-refractivity contribution in [3.05, 3.63) is 76.1 Å². The molecule has 4 rings (SSSR count). The van der Waals surface area contributed by atoms with Gasteiger partial charge in [-0.15, -0.1) is 5.10 Å². The molecule has 1 aliphatic heterocycles. The fourth-order valence-corrected chi connectivity index (χ4v) is 4.32. The van der Waals surface area contributed by atoms with Crippen LogP contribution >= 0.6 is 0 Å². The molecule has 0 bridgehead atoms. The van der Waals surface area contributed by atoms with Crippen LogP contribution in [0.5, 0.6) is 11.5 Å². The van der Waals surface area contributed by atoms with Crippen LogP contribution in [0.15, 0.2) is 59.4 Å². The lowest BCUT2D eigenvalue weighted by atomic mass is 9.96. The smallest absolute Gasteiger partial charge is 0.271 e. The molecule has 0 radical (unpaired) electrons. The van der Waals surface area contributed by atoms with E-state index in [-0.39, 0.29) is 17.4 Å². The average Bonchev–Trinajstić information content (AvgIpc) is 2.92. The minimum absolute atomic E-state index is 0.0494. The maximum absolute atomic E-state index is 12.8. The molecule has 0 atom stereocenters. The highest BCUT2D eigenvalue weighted by Crippen LogP contribution is 2.28. The molecule has 3 aromatic rings. The largest absolute Gasteiger partial charge is 0.493 e. The Morgan fingerprint density at radius 3 is 2.31 bits per heavy atom. The number of carbonyl (C=O) groups excluding carboxylic acids is 1. The zero-order chi connectivity index (χ0) is 24.8. The Bertz CT molecular complexity index is 1210. The number of hydrogen-bond acceptors (Lipinski definition) is 6. The van der Waals surface area contributed by atoms with E-state index in [1.807, 2.05) is 42.5 Å². The lowest BCUT2D eigenvalue weighted by Gasteiger charge is -2.32. The number of nitrogens with one attached hydrogen (secondary N) is 1. The van der Waals surface area contributed by atoms with Gasteiger partial charge in [0.25, 0.3) is 5.56 Å². The van der Waals surface area contributed by atoms with Crippen LogP contribution in [-0.2, 0) is 17.8 Å². The van der Waals surface area contributed by atoms with E-state index >= 15 is 0 Å². The van der Waals surface area contributed by atoms with E-state index < -0.39 is 0 Å². The molecule has 2 aromatic carbocycles. The van der Waals surface area contributed by atoms with Gasteiger partial charge in [0.05, 0.1) is 19.9 Å². The minimum Gasteiger partial charge on any atom is -0.493 e. The van der Waals surface area contributed by atoms with Gasteiger partial charge in [0.15, 0.2) is 11.5 Å². The van der Waals surface area contributed by atoms with Gasteiger partial charge < -0.3 is 19.7 Å². The van der Waals surface area contributed by atoms with E-state index in [1.165, 1.54) is 10.2 Å². The van der Waals surface area contributed by atoms with Crippen molar-refractivity contribution in [3.63, 3.8) is 0 Å². The number of carbonyl (C=O) groups is 1. The lowest BCUT2D eigenvalue weighted by molar-refractivity contribution is -0.125. The Labute approximate surface area is 205 Å². The number of aromatic nitrogens is 2. The molecule has 1 fully saturated rings. The van der Waals surface area contributed by atoms with Gasteiger partial charge in [-0.05, 0) is 60.7 Å². The first-order chi connectivity index (χ1) is 17.0. The molecular formula is C27H32N4O4. The number of piperidine rings is 1. The topological polar surface area (TPSA) is 85.7 Å². The molecule has 0 unspecified atom stereocenters. The van der Waals surface area contributed by atoms with Crippen LogP contribution in [-0.4, -0.2) is 43.0 Å². The monoisotopic (exact) mass is 476 g/mol. The fraction of sp³-hybridized carbons (Fsp3) is 0.370. The van der Waals surface area contributed by atoms with Gasteiger partial charge in [-0.2, -0.15) is 4.68 Å². The summed E-state index contributed by atoms with van der Waals surface area (Å²) in [5.74, 6) is 2.04. The molecule has 1 amide bonds. The molecule has 2 heterocycles. The first-order valence-corrected chi connectivity index (χ1v) is 12.0. The summed E-state index contributed by atoms with van der Waals surface area (Å²) in [5, 5.41) is 7.65. The molecule has 1 N–H and O–H groups in total. The van der Waals surface area contributed by atoms with Crippen LogP contribution in [0, 0.1) is 5.92 Å². The number of ether oxygens (including phenoxy) is 2. The Hall–Kier alpha value is -3.81. The van der Waals surface area contributed by atoms with Crippen molar-refractivity contribution >= 4 is 11.7 Å². The average molecular weight is 477 g/mol. The van der Waals surface area contributed by atoms with Crippen LogP contribution in [0.4, 0.5) is 5.82 Å². The zero-order valence-electron chi connectivity index (χ0n) is 20.5. The number of rotatable bonds is 8. The van der Waals surface area contributed by atoms with Gasteiger partial charge in [-0.3, -0.25) is 9.59 Å². The van der Waals surface area contributed by atoms with Gasteiger partial charge in [0, 0.05) is 31.6 Å². The summed E-state index contributed by atoms with van der Waals surface area (Å²) < 4.78 is 12.0. The van der Waals surface area contributed by atoms with E-state index in [1.54, 1.807) is 26.4 Å². The fourth-order valence-electron chi connectivity index (χ4n) is 4.32. The molecule has 0 aliphatic carbocycles.